The molecule has 29 heavy (non-hydrogen) atoms. The van der Waals surface area contributed by atoms with Crippen LogP contribution in [0.3, 0.4) is 0 Å². The van der Waals surface area contributed by atoms with Gasteiger partial charge in [-0.2, -0.15) is 0 Å². The fourth-order valence-electron chi connectivity index (χ4n) is 3.28. The van der Waals surface area contributed by atoms with Crippen molar-refractivity contribution in [2.24, 2.45) is 0 Å². The summed E-state index contributed by atoms with van der Waals surface area (Å²) in [6, 6.07) is 14.6. The van der Waals surface area contributed by atoms with Crippen molar-refractivity contribution in [1.82, 2.24) is 19.9 Å². The van der Waals surface area contributed by atoms with Gasteiger partial charge in [0.15, 0.2) is 0 Å². The second kappa shape index (κ2) is 9.98. The maximum atomic E-state index is 6.09. The number of nitrogens with one attached hydrogen (secondary N) is 1. The standard InChI is InChI=1S/C23H29N5O/c1-17(2)28(18(3)4)14-15-29-22-10-6-5-9-21(22)27-23-25-13-11-20(26-23)19-8-7-12-24-16-19/h5-13,16-18H,14-15H2,1-4H3,(H,25,26,27). The average Bonchev–Trinajstić information content (AvgIpc) is 2.72. The molecule has 0 bridgehead atoms. The predicted molar refractivity (Wildman–Crippen MR) is 117 cm³/mol. The van der Waals surface area contributed by atoms with Crippen molar-refractivity contribution in [3.63, 3.8) is 0 Å². The van der Waals surface area contributed by atoms with Crippen LogP contribution in [0.25, 0.3) is 11.3 Å². The molecule has 6 heteroatoms. The Balaban J connectivity index is 1.70. The lowest BCUT2D eigenvalue weighted by atomic mass is 10.2. The molecule has 0 saturated heterocycles. The van der Waals surface area contributed by atoms with E-state index in [0.29, 0.717) is 24.6 Å². The molecule has 0 amide bonds. The Morgan fingerprint density at radius 2 is 1.76 bits per heavy atom. The van der Waals surface area contributed by atoms with Crippen LogP contribution < -0.4 is 10.1 Å². The molecule has 2 heterocycles. The van der Waals surface area contributed by atoms with E-state index in [-0.39, 0.29) is 0 Å². The van der Waals surface area contributed by atoms with E-state index in [1.54, 1.807) is 18.6 Å². The molecular weight excluding hydrogens is 362 g/mol. The highest BCUT2D eigenvalue weighted by atomic mass is 16.5. The van der Waals surface area contributed by atoms with Crippen LogP contribution in [0.4, 0.5) is 11.6 Å². The van der Waals surface area contributed by atoms with Gasteiger partial charge in [0.1, 0.15) is 12.4 Å². The number of rotatable bonds is 9. The molecule has 0 saturated carbocycles. The monoisotopic (exact) mass is 391 g/mol. The van der Waals surface area contributed by atoms with Gasteiger partial charge >= 0.3 is 0 Å². The van der Waals surface area contributed by atoms with E-state index in [1.165, 1.54) is 0 Å². The van der Waals surface area contributed by atoms with Crippen LogP contribution in [-0.2, 0) is 0 Å². The minimum absolute atomic E-state index is 0.482. The van der Waals surface area contributed by atoms with E-state index >= 15 is 0 Å². The van der Waals surface area contributed by atoms with Crippen LogP contribution in [0.5, 0.6) is 5.75 Å². The van der Waals surface area contributed by atoms with Crippen LogP contribution in [0.2, 0.25) is 0 Å². The summed E-state index contributed by atoms with van der Waals surface area (Å²) in [5.74, 6) is 1.31. The molecule has 1 aromatic carbocycles. The number of pyridine rings is 1. The number of ether oxygens (including phenoxy) is 1. The van der Waals surface area contributed by atoms with Crippen molar-refractivity contribution in [3.05, 3.63) is 61.1 Å². The molecule has 0 atom stereocenters. The average molecular weight is 392 g/mol. The number of benzene rings is 1. The van der Waals surface area contributed by atoms with Gasteiger partial charge in [0.2, 0.25) is 5.95 Å². The first-order valence-electron chi connectivity index (χ1n) is 10.0. The summed E-state index contributed by atoms with van der Waals surface area (Å²) in [6.45, 7) is 10.3. The van der Waals surface area contributed by atoms with E-state index in [9.17, 15) is 0 Å². The van der Waals surface area contributed by atoms with Gasteiger partial charge in [-0.15, -0.1) is 0 Å². The Morgan fingerprint density at radius 1 is 0.966 bits per heavy atom. The van der Waals surface area contributed by atoms with Gasteiger partial charge in [-0.05, 0) is 58.0 Å². The van der Waals surface area contributed by atoms with Crippen molar-refractivity contribution in [2.75, 3.05) is 18.5 Å². The Kier molecular flexibility index (Phi) is 7.14. The van der Waals surface area contributed by atoms with Crippen LogP contribution in [0, 0.1) is 0 Å². The smallest absolute Gasteiger partial charge is 0.227 e. The van der Waals surface area contributed by atoms with Crippen molar-refractivity contribution >= 4 is 11.6 Å². The minimum atomic E-state index is 0.482. The summed E-state index contributed by atoms with van der Waals surface area (Å²) in [7, 11) is 0. The number of para-hydroxylation sites is 2. The number of anilines is 2. The molecule has 2 aromatic heterocycles. The van der Waals surface area contributed by atoms with Crippen molar-refractivity contribution < 1.29 is 4.74 Å². The molecule has 3 rings (SSSR count). The molecule has 152 valence electrons. The molecule has 6 nitrogen and oxygen atoms in total. The second-order valence-electron chi connectivity index (χ2n) is 7.40. The van der Waals surface area contributed by atoms with Crippen molar-refractivity contribution in [2.45, 2.75) is 39.8 Å². The zero-order valence-electron chi connectivity index (χ0n) is 17.5. The maximum Gasteiger partial charge on any atom is 0.227 e. The Morgan fingerprint density at radius 3 is 2.48 bits per heavy atom. The molecule has 3 aromatic rings. The summed E-state index contributed by atoms with van der Waals surface area (Å²) in [4.78, 5) is 15.5. The maximum absolute atomic E-state index is 6.09. The first-order valence-corrected chi connectivity index (χ1v) is 10.0. The molecule has 0 aliphatic rings. The third-order valence-electron chi connectivity index (χ3n) is 4.68. The molecule has 0 fully saturated rings. The number of nitrogens with zero attached hydrogens (tertiary/aromatic N) is 4. The second-order valence-corrected chi connectivity index (χ2v) is 7.40. The molecule has 1 N–H and O–H groups in total. The number of hydrogen-bond acceptors (Lipinski definition) is 6. The van der Waals surface area contributed by atoms with Crippen molar-refractivity contribution in [1.29, 1.82) is 0 Å². The molecular formula is C23H29N5O. The third-order valence-corrected chi connectivity index (χ3v) is 4.68. The molecule has 0 aliphatic carbocycles. The van der Waals surface area contributed by atoms with Crippen LogP contribution >= 0.6 is 0 Å². The fourth-order valence-corrected chi connectivity index (χ4v) is 3.28. The lowest BCUT2D eigenvalue weighted by Crippen LogP contribution is -2.39. The van der Waals surface area contributed by atoms with E-state index in [1.807, 2.05) is 42.5 Å². The third kappa shape index (κ3) is 5.74. The summed E-state index contributed by atoms with van der Waals surface area (Å²) < 4.78 is 6.09. The number of aromatic nitrogens is 3. The normalized spacial score (nSPS) is 11.3. The van der Waals surface area contributed by atoms with Gasteiger partial charge in [0.25, 0.3) is 0 Å². The van der Waals surface area contributed by atoms with Gasteiger partial charge in [-0.1, -0.05) is 12.1 Å². The summed E-state index contributed by atoms with van der Waals surface area (Å²) in [5, 5.41) is 3.29. The van der Waals surface area contributed by atoms with Crippen LogP contribution in [0.1, 0.15) is 27.7 Å². The van der Waals surface area contributed by atoms with Crippen LogP contribution in [-0.4, -0.2) is 45.1 Å². The largest absolute Gasteiger partial charge is 0.490 e. The van der Waals surface area contributed by atoms with Gasteiger partial charge in [-0.3, -0.25) is 9.88 Å². The lowest BCUT2D eigenvalue weighted by molar-refractivity contribution is 0.142. The predicted octanol–water partition coefficient (Wildman–Crippen LogP) is 4.78. The molecule has 0 spiro atoms. The van der Waals surface area contributed by atoms with Crippen LogP contribution in [0.15, 0.2) is 61.1 Å². The minimum Gasteiger partial charge on any atom is -0.490 e. The van der Waals surface area contributed by atoms with E-state index in [4.69, 9.17) is 4.74 Å². The van der Waals surface area contributed by atoms with E-state index in [0.717, 1.165) is 29.2 Å². The summed E-state index contributed by atoms with van der Waals surface area (Å²) in [5.41, 5.74) is 2.61. The van der Waals surface area contributed by atoms with Gasteiger partial charge in [0.05, 0.1) is 11.4 Å². The van der Waals surface area contributed by atoms with Gasteiger partial charge < -0.3 is 10.1 Å². The summed E-state index contributed by atoms with van der Waals surface area (Å²) >= 11 is 0. The topological polar surface area (TPSA) is 63.2 Å². The van der Waals surface area contributed by atoms with E-state index in [2.05, 4.69) is 52.9 Å². The quantitative estimate of drug-likeness (QED) is 0.566. The Labute approximate surface area is 173 Å². The van der Waals surface area contributed by atoms with E-state index < -0.39 is 0 Å². The van der Waals surface area contributed by atoms with Gasteiger partial charge in [0, 0.05) is 42.8 Å². The SMILES string of the molecule is CC(C)N(CCOc1ccccc1Nc1nccc(-c2cccnc2)n1)C(C)C. The Bertz CT molecular complexity index is 891. The lowest BCUT2D eigenvalue weighted by Gasteiger charge is -2.30. The zero-order valence-corrected chi connectivity index (χ0v) is 17.5. The Hall–Kier alpha value is -2.99. The molecule has 0 radical (unpaired) electrons. The first-order chi connectivity index (χ1) is 14.0. The first kappa shape index (κ1) is 20.7. The highest BCUT2D eigenvalue weighted by Gasteiger charge is 2.13. The number of hydrogen-bond donors (Lipinski definition) is 1. The fraction of sp³-hybridized carbons (Fsp3) is 0.348. The summed E-state index contributed by atoms with van der Waals surface area (Å²) in [6.07, 6.45) is 5.28. The highest BCUT2D eigenvalue weighted by molar-refractivity contribution is 5.64. The van der Waals surface area contributed by atoms with Gasteiger partial charge in [-0.25, -0.2) is 9.97 Å². The molecule has 0 aliphatic heterocycles. The highest BCUT2D eigenvalue weighted by Crippen LogP contribution is 2.27. The van der Waals surface area contributed by atoms with Crippen molar-refractivity contribution in [3.8, 4) is 17.0 Å². The zero-order chi connectivity index (χ0) is 20.6. The molecule has 0 unspecified atom stereocenters.